The quantitative estimate of drug-likeness (QED) is 0.111. The molecule has 0 spiro atoms. The Balaban J connectivity index is 3.07. The molecule has 1 heterocycles. The summed E-state index contributed by atoms with van der Waals surface area (Å²) in [6, 6.07) is -4.98. The maximum atomic E-state index is 13.2. The number of aliphatic carboxylic acids is 2. The van der Waals surface area contributed by atoms with Crippen molar-refractivity contribution in [1.82, 2.24) is 25.9 Å². The number of amides is 4. The first-order chi connectivity index (χ1) is 17.3. The first-order valence-corrected chi connectivity index (χ1v) is 11.7. The third-order valence-electron chi connectivity index (χ3n) is 5.71. The maximum absolute atomic E-state index is 13.2. The monoisotopic (exact) mass is 525 g/mol. The Hall–Kier alpha value is -4.01. The number of carboxylic acids is 2. The van der Waals surface area contributed by atoms with Gasteiger partial charge in [0.1, 0.15) is 18.1 Å². The Morgan fingerprint density at radius 1 is 0.973 bits per heavy atom. The molecule has 0 aliphatic carbocycles. The Morgan fingerprint density at radius 2 is 1.62 bits per heavy atom. The summed E-state index contributed by atoms with van der Waals surface area (Å²) < 4.78 is 0. The first-order valence-electron chi connectivity index (χ1n) is 11.7. The van der Waals surface area contributed by atoms with Crippen molar-refractivity contribution in [1.29, 1.82) is 0 Å². The van der Waals surface area contributed by atoms with Crippen LogP contribution in [-0.4, -0.2) is 79.9 Å². The van der Waals surface area contributed by atoms with Crippen molar-refractivity contribution in [3.63, 3.8) is 0 Å². The van der Waals surface area contributed by atoms with E-state index in [1.807, 2.05) is 0 Å². The molecule has 0 aliphatic heterocycles. The van der Waals surface area contributed by atoms with E-state index in [1.165, 1.54) is 12.5 Å². The minimum atomic E-state index is -1.50. The van der Waals surface area contributed by atoms with Crippen LogP contribution < -0.4 is 27.4 Å². The highest BCUT2D eigenvalue weighted by Crippen LogP contribution is 2.11. The molecular formula is C22H35N7O8. The zero-order valence-corrected chi connectivity index (χ0v) is 20.7. The van der Waals surface area contributed by atoms with E-state index in [4.69, 9.17) is 16.6 Å². The molecule has 1 aromatic heterocycles. The molecule has 5 atom stereocenters. The summed E-state index contributed by atoms with van der Waals surface area (Å²) in [5.74, 6) is -5.95. The van der Waals surface area contributed by atoms with E-state index in [9.17, 15) is 33.9 Å². The second kappa shape index (κ2) is 15.2. The molecule has 0 radical (unpaired) electrons. The van der Waals surface area contributed by atoms with Crippen LogP contribution in [0.3, 0.4) is 0 Å². The fourth-order valence-electron chi connectivity index (χ4n) is 3.28. The van der Waals surface area contributed by atoms with Gasteiger partial charge in [-0.15, -0.1) is 0 Å². The lowest BCUT2D eigenvalue weighted by Gasteiger charge is -2.28. The van der Waals surface area contributed by atoms with Crippen molar-refractivity contribution in [2.24, 2.45) is 17.4 Å². The molecule has 0 aromatic carbocycles. The number of rotatable bonds is 17. The van der Waals surface area contributed by atoms with E-state index in [2.05, 4.69) is 25.9 Å². The van der Waals surface area contributed by atoms with Crippen LogP contribution in [0.2, 0.25) is 0 Å². The zero-order valence-electron chi connectivity index (χ0n) is 20.7. The van der Waals surface area contributed by atoms with Gasteiger partial charge in [-0.1, -0.05) is 20.3 Å². The topological polar surface area (TPSA) is 260 Å². The lowest BCUT2D eigenvalue weighted by molar-refractivity contribution is -0.143. The lowest BCUT2D eigenvalue weighted by Crippen LogP contribution is -2.59. The predicted molar refractivity (Wildman–Crippen MR) is 128 cm³/mol. The number of nitrogens with one attached hydrogen (secondary N) is 4. The second-order valence-electron chi connectivity index (χ2n) is 8.66. The highest BCUT2D eigenvalue weighted by atomic mass is 16.4. The van der Waals surface area contributed by atoms with Gasteiger partial charge in [0.05, 0.1) is 12.4 Å². The Kier molecular flexibility index (Phi) is 12.7. The van der Waals surface area contributed by atoms with Crippen molar-refractivity contribution in [2.75, 3.05) is 0 Å². The summed E-state index contributed by atoms with van der Waals surface area (Å²) in [6.45, 7) is 3.49. The molecule has 206 valence electrons. The van der Waals surface area contributed by atoms with E-state index in [-0.39, 0.29) is 31.6 Å². The molecule has 1 rings (SSSR count). The second-order valence-corrected chi connectivity index (χ2v) is 8.66. The largest absolute Gasteiger partial charge is 0.481 e. The molecule has 0 fully saturated rings. The smallest absolute Gasteiger partial charge is 0.326 e. The fourth-order valence-corrected chi connectivity index (χ4v) is 3.28. The number of hydrogen-bond donors (Lipinski definition) is 8. The number of nitrogens with two attached hydrogens (primary N) is 2. The zero-order chi connectivity index (χ0) is 28.1. The molecule has 4 amide bonds. The molecule has 0 saturated heterocycles. The minimum Gasteiger partial charge on any atom is -0.481 e. The number of imidazole rings is 1. The number of aromatic amines is 1. The van der Waals surface area contributed by atoms with Crippen LogP contribution in [0.1, 0.15) is 51.6 Å². The molecule has 10 N–H and O–H groups in total. The number of primary amides is 1. The lowest BCUT2D eigenvalue weighted by atomic mass is 9.96. The molecule has 15 heteroatoms. The van der Waals surface area contributed by atoms with Crippen LogP contribution in [-0.2, 0) is 35.2 Å². The number of carbonyl (C=O) groups is 6. The highest BCUT2D eigenvalue weighted by Gasteiger charge is 2.33. The van der Waals surface area contributed by atoms with Gasteiger partial charge in [0, 0.05) is 31.2 Å². The number of nitrogens with zero attached hydrogens (tertiary/aromatic N) is 1. The van der Waals surface area contributed by atoms with Crippen LogP contribution in [0.15, 0.2) is 12.5 Å². The number of carbonyl (C=O) groups excluding carboxylic acids is 4. The average Bonchev–Trinajstić information content (AvgIpc) is 3.34. The van der Waals surface area contributed by atoms with E-state index < -0.39 is 66.2 Å². The number of carboxylic acid groups (broad SMARTS) is 2. The summed E-state index contributed by atoms with van der Waals surface area (Å²) in [5, 5.41) is 25.6. The van der Waals surface area contributed by atoms with Crippen LogP contribution in [0.4, 0.5) is 0 Å². The van der Waals surface area contributed by atoms with E-state index in [0.717, 1.165) is 0 Å². The van der Waals surface area contributed by atoms with E-state index in [0.29, 0.717) is 12.1 Å². The van der Waals surface area contributed by atoms with Gasteiger partial charge in [-0.3, -0.25) is 24.0 Å². The van der Waals surface area contributed by atoms with Crippen molar-refractivity contribution >= 4 is 35.6 Å². The maximum Gasteiger partial charge on any atom is 0.326 e. The van der Waals surface area contributed by atoms with Gasteiger partial charge in [-0.2, -0.15) is 0 Å². The Morgan fingerprint density at radius 3 is 2.14 bits per heavy atom. The predicted octanol–water partition coefficient (Wildman–Crippen LogP) is -2.01. The standard InChI is InChI=1S/C22H35N7O8/c1-3-11(2)18(29-19(33)13(23)4-6-16(24)30)21(35)28-15(8-12-9-25-10-26-12)20(34)27-14(22(36)37)5-7-17(31)32/h9-11,13-15,18H,3-8,23H2,1-2H3,(H2,24,30)(H,25,26)(H,27,34)(H,28,35)(H,29,33)(H,31,32)(H,36,37). The summed E-state index contributed by atoms with van der Waals surface area (Å²) in [7, 11) is 0. The summed E-state index contributed by atoms with van der Waals surface area (Å²) >= 11 is 0. The number of aromatic nitrogens is 2. The Bertz CT molecular complexity index is 953. The summed E-state index contributed by atoms with van der Waals surface area (Å²) in [5.41, 5.74) is 11.3. The van der Waals surface area contributed by atoms with Crippen molar-refractivity contribution in [2.45, 2.75) is 76.5 Å². The van der Waals surface area contributed by atoms with Gasteiger partial charge in [0.2, 0.25) is 23.6 Å². The van der Waals surface area contributed by atoms with E-state index in [1.54, 1.807) is 13.8 Å². The highest BCUT2D eigenvalue weighted by molar-refractivity contribution is 5.94. The van der Waals surface area contributed by atoms with Crippen LogP contribution in [0.25, 0.3) is 0 Å². The first kappa shape index (κ1) is 31.0. The Labute approximate surface area is 213 Å². The van der Waals surface area contributed by atoms with Crippen molar-refractivity contribution in [3.8, 4) is 0 Å². The van der Waals surface area contributed by atoms with Gasteiger partial charge in [0.25, 0.3) is 0 Å². The molecule has 15 nitrogen and oxygen atoms in total. The molecular weight excluding hydrogens is 490 g/mol. The minimum absolute atomic E-state index is 0.0201. The molecule has 0 bridgehead atoms. The average molecular weight is 526 g/mol. The van der Waals surface area contributed by atoms with E-state index >= 15 is 0 Å². The van der Waals surface area contributed by atoms with Gasteiger partial charge in [-0.25, -0.2) is 9.78 Å². The normalized spacial score (nSPS) is 14.9. The molecule has 5 unspecified atom stereocenters. The van der Waals surface area contributed by atoms with Crippen molar-refractivity contribution in [3.05, 3.63) is 18.2 Å². The molecule has 0 aliphatic rings. The summed E-state index contributed by atoms with van der Waals surface area (Å²) in [6.07, 6.45) is 2.15. The van der Waals surface area contributed by atoms with Crippen LogP contribution in [0, 0.1) is 5.92 Å². The third kappa shape index (κ3) is 11.1. The third-order valence-corrected chi connectivity index (χ3v) is 5.71. The van der Waals surface area contributed by atoms with Gasteiger partial charge >= 0.3 is 11.9 Å². The SMILES string of the molecule is CCC(C)C(NC(=O)C(N)CCC(N)=O)C(=O)NC(Cc1cnc[nH]1)C(=O)NC(CCC(=O)O)C(=O)O. The molecule has 1 aromatic rings. The fraction of sp³-hybridized carbons (Fsp3) is 0.591. The summed E-state index contributed by atoms with van der Waals surface area (Å²) in [4.78, 5) is 78.7. The molecule has 37 heavy (non-hydrogen) atoms. The van der Waals surface area contributed by atoms with Gasteiger partial charge in [-0.05, 0) is 18.8 Å². The number of hydrogen-bond acceptors (Lipinski definition) is 8. The van der Waals surface area contributed by atoms with Crippen molar-refractivity contribution < 1.29 is 39.0 Å². The van der Waals surface area contributed by atoms with Crippen LogP contribution in [0.5, 0.6) is 0 Å². The number of H-pyrrole nitrogens is 1. The van der Waals surface area contributed by atoms with Gasteiger partial charge < -0.3 is 42.6 Å². The van der Waals surface area contributed by atoms with Crippen LogP contribution >= 0.6 is 0 Å². The molecule has 0 saturated carbocycles. The van der Waals surface area contributed by atoms with Gasteiger partial charge in [0.15, 0.2) is 0 Å².